The zero-order valence-corrected chi connectivity index (χ0v) is 21.0. The number of guanidine groups is 1. The summed E-state index contributed by atoms with van der Waals surface area (Å²) in [5, 5.41) is 6.79. The van der Waals surface area contributed by atoms with Crippen LogP contribution in [0.2, 0.25) is 0 Å². The molecule has 0 atom stereocenters. The van der Waals surface area contributed by atoms with Crippen molar-refractivity contribution < 1.29 is 9.53 Å². The Morgan fingerprint density at radius 1 is 1.16 bits per heavy atom. The van der Waals surface area contributed by atoms with Crippen molar-refractivity contribution in [3.63, 3.8) is 0 Å². The average molecular weight is 543 g/mol. The van der Waals surface area contributed by atoms with Gasteiger partial charge in [-0.2, -0.15) is 0 Å². The smallest absolute Gasteiger partial charge is 0.220 e. The third-order valence-electron chi connectivity index (χ3n) is 6.00. The lowest BCUT2D eigenvalue weighted by molar-refractivity contribution is -0.123. The number of unbranched alkanes of at least 4 members (excludes halogenated alkanes) is 1. The fourth-order valence-electron chi connectivity index (χ4n) is 3.79. The van der Waals surface area contributed by atoms with Crippen molar-refractivity contribution in [1.29, 1.82) is 0 Å². The molecule has 2 aliphatic rings. The van der Waals surface area contributed by atoms with Gasteiger partial charge in [-0.15, -0.1) is 24.0 Å². The summed E-state index contributed by atoms with van der Waals surface area (Å²) in [5.74, 6) is 2.45. The Balaban J connectivity index is 0.00000341. The molecule has 1 aliphatic heterocycles. The number of primary amides is 1. The van der Waals surface area contributed by atoms with Crippen molar-refractivity contribution in [2.45, 2.75) is 45.1 Å². The summed E-state index contributed by atoms with van der Waals surface area (Å²) in [5.41, 5.74) is 6.56. The second-order valence-corrected chi connectivity index (χ2v) is 8.44. The van der Waals surface area contributed by atoms with Crippen LogP contribution in [0.15, 0.2) is 29.3 Å². The first-order valence-electron chi connectivity index (χ1n) is 11.3. The molecular weight excluding hydrogens is 505 g/mol. The second kappa shape index (κ2) is 13.8. The van der Waals surface area contributed by atoms with Crippen molar-refractivity contribution in [3.8, 4) is 5.75 Å². The lowest BCUT2D eigenvalue weighted by Crippen LogP contribution is -2.39. The molecule has 0 radical (unpaired) electrons. The first kappa shape index (κ1) is 25.7. The van der Waals surface area contributed by atoms with Gasteiger partial charge in [-0.1, -0.05) is 18.2 Å². The topological polar surface area (TPSA) is 92.0 Å². The van der Waals surface area contributed by atoms with Crippen LogP contribution in [-0.4, -0.2) is 56.6 Å². The Morgan fingerprint density at radius 2 is 1.90 bits per heavy atom. The monoisotopic (exact) mass is 543 g/mol. The van der Waals surface area contributed by atoms with E-state index in [2.05, 4.69) is 26.6 Å². The Labute approximate surface area is 203 Å². The van der Waals surface area contributed by atoms with Crippen molar-refractivity contribution in [3.05, 3.63) is 29.8 Å². The van der Waals surface area contributed by atoms with Gasteiger partial charge in [0.15, 0.2) is 5.96 Å². The van der Waals surface area contributed by atoms with Gasteiger partial charge in [0.1, 0.15) is 5.75 Å². The maximum Gasteiger partial charge on any atom is 0.220 e. The molecule has 1 saturated carbocycles. The number of hydrogen-bond acceptors (Lipinski definition) is 4. The van der Waals surface area contributed by atoms with E-state index in [0.717, 1.165) is 81.7 Å². The number of nitrogens with zero attached hydrogens (tertiary/aromatic N) is 2. The number of hydrogen-bond donors (Lipinski definition) is 3. The van der Waals surface area contributed by atoms with Gasteiger partial charge < -0.3 is 26.0 Å². The third kappa shape index (κ3) is 9.22. The number of nitrogens with two attached hydrogens (primary N) is 1. The van der Waals surface area contributed by atoms with Gasteiger partial charge in [0.2, 0.25) is 5.91 Å². The van der Waals surface area contributed by atoms with Gasteiger partial charge >= 0.3 is 0 Å². The highest BCUT2D eigenvalue weighted by Crippen LogP contribution is 2.30. The van der Waals surface area contributed by atoms with Gasteiger partial charge in [-0.25, -0.2) is 0 Å². The maximum absolute atomic E-state index is 11.2. The summed E-state index contributed by atoms with van der Waals surface area (Å²) in [6.07, 6.45) is 6.60. The molecule has 31 heavy (non-hydrogen) atoms. The summed E-state index contributed by atoms with van der Waals surface area (Å²) in [6.45, 7) is 5.43. The van der Waals surface area contributed by atoms with Crippen LogP contribution in [0.5, 0.6) is 5.75 Å². The summed E-state index contributed by atoms with van der Waals surface area (Å²) in [7, 11) is 1.80. The number of ether oxygens (including phenoxy) is 1. The largest absolute Gasteiger partial charge is 0.493 e. The number of halogens is 1. The molecule has 1 aromatic rings. The normalized spacial score (nSPS) is 17.6. The molecule has 4 N–H and O–H groups in total. The zero-order chi connectivity index (χ0) is 21.2. The van der Waals surface area contributed by atoms with Crippen LogP contribution >= 0.6 is 24.0 Å². The molecule has 1 aliphatic carbocycles. The molecular formula is C23H38IN5O2. The van der Waals surface area contributed by atoms with Gasteiger partial charge in [0.25, 0.3) is 0 Å². The molecule has 1 amide bonds. The number of piperidine rings is 1. The summed E-state index contributed by atoms with van der Waals surface area (Å²) < 4.78 is 5.99. The van der Waals surface area contributed by atoms with Crippen LogP contribution in [0.1, 0.15) is 44.1 Å². The summed E-state index contributed by atoms with van der Waals surface area (Å²) >= 11 is 0. The number of likely N-dealkylation sites (tertiary alicyclic amines) is 1. The fourth-order valence-corrected chi connectivity index (χ4v) is 3.79. The number of carbonyl (C=O) groups excluding carboxylic acids is 1. The minimum Gasteiger partial charge on any atom is -0.493 e. The predicted octanol–water partition coefficient (Wildman–Crippen LogP) is 2.74. The van der Waals surface area contributed by atoms with Crippen LogP contribution in [0.4, 0.5) is 0 Å². The molecule has 0 bridgehead atoms. The first-order valence-corrected chi connectivity index (χ1v) is 11.3. The van der Waals surface area contributed by atoms with Crippen LogP contribution in [0, 0.1) is 11.8 Å². The van der Waals surface area contributed by atoms with Crippen LogP contribution in [-0.2, 0) is 11.3 Å². The number of carbonyl (C=O) groups is 1. The number of aliphatic imine (C=N–C) groups is 1. The highest BCUT2D eigenvalue weighted by Gasteiger charge is 2.23. The van der Waals surface area contributed by atoms with E-state index < -0.39 is 0 Å². The van der Waals surface area contributed by atoms with E-state index >= 15 is 0 Å². The minimum absolute atomic E-state index is 0. The van der Waals surface area contributed by atoms with E-state index in [1.165, 1.54) is 12.8 Å². The number of nitrogens with one attached hydrogen (secondary N) is 2. The lowest BCUT2D eigenvalue weighted by atomic mass is 9.96. The van der Waals surface area contributed by atoms with E-state index in [0.29, 0.717) is 6.54 Å². The molecule has 0 unspecified atom stereocenters. The molecule has 3 rings (SSSR count). The number of amides is 1. The highest BCUT2D eigenvalue weighted by atomic mass is 127. The van der Waals surface area contributed by atoms with Crippen molar-refractivity contribution >= 4 is 35.8 Å². The average Bonchev–Trinajstić information content (AvgIpc) is 3.59. The maximum atomic E-state index is 11.2. The minimum atomic E-state index is -0.144. The van der Waals surface area contributed by atoms with Crippen LogP contribution in [0.3, 0.4) is 0 Å². The first-order chi connectivity index (χ1) is 14.7. The van der Waals surface area contributed by atoms with Crippen LogP contribution in [0.25, 0.3) is 0 Å². The molecule has 1 heterocycles. The Hall–Kier alpha value is -1.55. The standard InChI is InChI=1S/C23H37N5O2.HI/c1-25-23(26-12-4-5-13-28-14-10-19(11-15-28)22(24)29)27-16-20-6-2-3-7-21(20)30-17-18-8-9-18;/h2-3,6-7,18-19H,4-5,8-17H2,1H3,(H2,24,29)(H2,25,26,27);1H. The molecule has 7 nitrogen and oxygen atoms in total. The third-order valence-corrected chi connectivity index (χ3v) is 6.00. The van der Waals surface area contributed by atoms with Crippen molar-refractivity contribution in [1.82, 2.24) is 15.5 Å². The SMILES string of the molecule is CN=C(NCCCCN1CCC(C(N)=O)CC1)NCc1ccccc1OCC1CC1.I. The number of benzene rings is 1. The second-order valence-electron chi connectivity index (χ2n) is 8.44. The van der Waals surface area contributed by atoms with E-state index in [4.69, 9.17) is 10.5 Å². The van der Waals surface area contributed by atoms with Crippen molar-refractivity contribution in [2.24, 2.45) is 22.6 Å². The van der Waals surface area contributed by atoms with E-state index in [-0.39, 0.29) is 35.8 Å². The quantitative estimate of drug-likeness (QED) is 0.173. The van der Waals surface area contributed by atoms with Crippen LogP contribution < -0.4 is 21.1 Å². The van der Waals surface area contributed by atoms with Gasteiger partial charge in [0, 0.05) is 31.6 Å². The summed E-state index contributed by atoms with van der Waals surface area (Å²) in [4.78, 5) is 18.0. The predicted molar refractivity (Wildman–Crippen MR) is 136 cm³/mol. The Morgan fingerprint density at radius 3 is 2.58 bits per heavy atom. The Bertz CT molecular complexity index is 703. The molecule has 1 aromatic carbocycles. The highest BCUT2D eigenvalue weighted by molar-refractivity contribution is 14.0. The van der Waals surface area contributed by atoms with Gasteiger partial charge in [-0.05, 0) is 70.1 Å². The molecule has 174 valence electrons. The molecule has 8 heteroatoms. The van der Waals surface area contributed by atoms with Gasteiger partial charge in [-0.3, -0.25) is 9.79 Å². The number of rotatable bonds is 11. The number of para-hydroxylation sites is 1. The van der Waals surface area contributed by atoms with E-state index in [1.54, 1.807) is 7.05 Å². The van der Waals surface area contributed by atoms with E-state index in [1.807, 2.05) is 18.2 Å². The fraction of sp³-hybridized carbons (Fsp3) is 0.652. The molecule has 1 saturated heterocycles. The molecule has 0 spiro atoms. The summed E-state index contributed by atoms with van der Waals surface area (Å²) in [6, 6.07) is 8.21. The Kier molecular flexibility index (Phi) is 11.4. The van der Waals surface area contributed by atoms with Gasteiger partial charge in [0.05, 0.1) is 6.61 Å². The van der Waals surface area contributed by atoms with Crippen molar-refractivity contribution in [2.75, 3.05) is 39.8 Å². The lowest BCUT2D eigenvalue weighted by Gasteiger charge is -2.30. The molecule has 0 aromatic heterocycles. The zero-order valence-electron chi connectivity index (χ0n) is 18.6. The molecule has 2 fully saturated rings. The van der Waals surface area contributed by atoms with E-state index in [9.17, 15) is 4.79 Å².